The molecular formula is C12H15N3O. The molecule has 0 aliphatic carbocycles. The van der Waals surface area contributed by atoms with E-state index in [0.29, 0.717) is 12.4 Å². The molecule has 0 spiro atoms. The van der Waals surface area contributed by atoms with E-state index in [0.717, 1.165) is 29.8 Å². The van der Waals surface area contributed by atoms with E-state index in [2.05, 4.69) is 10.1 Å². The zero-order chi connectivity index (χ0) is 11.4. The fraction of sp³-hybridized carbons (Fsp3) is 0.333. The van der Waals surface area contributed by atoms with Crippen LogP contribution in [0.15, 0.2) is 28.8 Å². The third kappa shape index (κ3) is 2.12. The van der Waals surface area contributed by atoms with Crippen LogP contribution in [0.2, 0.25) is 0 Å². The minimum atomic E-state index is 0.584. The number of nitrogens with zero attached hydrogens (tertiary/aromatic N) is 2. The van der Waals surface area contributed by atoms with Gasteiger partial charge in [0, 0.05) is 12.0 Å². The van der Waals surface area contributed by atoms with Crippen LogP contribution < -0.4 is 5.73 Å². The summed E-state index contributed by atoms with van der Waals surface area (Å²) in [7, 11) is 0. The molecule has 4 heteroatoms. The van der Waals surface area contributed by atoms with E-state index >= 15 is 0 Å². The highest BCUT2D eigenvalue weighted by Crippen LogP contribution is 2.22. The first-order chi connectivity index (χ1) is 7.85. The predicted molar refractivity (Wildman–Crippen MR) is 61.9 cm³/mol. The molecule has 0 radical (unpaired) electrons. The van der Waals surface area contributed by atoms with Gasteiger partial charge in [-0.25, -0.2) is 0 Å². The van der Waals surface area contributed by atoms with Crippen molar-refractivity contribution in [3.63, 3.8) is 0 Å². The lowest BCUT2D eigenvalue weighted by Gasteiger charge is -2.03. The fourth-order valence-electron chi connectivity index (χ4n) is 1.61. The molecule has 0 amide bonds. The molecule has 0 saturated heterocycles. The average Bonchev–Trinajstić information content (AvgIpc) is 2.79. The Labute approximate surface area is 94.5 Å². The highest BCUT2D eigenvalue weighted by molar-refractivity contribution is 5.58. The van der Waals surface area contributed by atoms with Crippen LogP contribution in [0, 0.1) is 0 Å². The van der Waals surface area contributed by atoms with Crippen LogP contribution in [0.1, 0.15) is 18.3 Å². The lowest BCUT2D eigenvalue weighted by molar-refractivity contribution is 0.423. The standard InChI is InChI=1S/C12H15N3O/c1-2-11-14-12(16-15-11)10-6-4-3-5-9(10)7-8-13/h3-6H,2,7-8,13H2,1H3. The van der Waals surface area contributed by atoms with Crippen LogP contribution in [0.5, 0.6) is 0 Å². The smallest absolute Gasteiger partial charge is 0.258 e. The summed E-state index contributed by atoms with van der Waals surface area (Å²) in [5.41, 5.74) is 7.71. The molecule has 0 bridgehead atoms. The lowest BCUT2D eigenvalue weighted by atomic mass is 10.0. The Morgan fingerprint density at radius 3 is 2.81 bits per heavy atom. The summed E-state index contributed by atoms with van der Waals surface area (Å²) >= 11 is 0. The van der Waals surface area contributed by atoms with Gasteiger partial charge in [0.05, 0.1) is 0 Å². The summed E-state index contributed by atoms with van der Waals surface area (Å²) < 4.78 is 5.23. The molecule has 2 aromatic rings. The maximum absolute atomic E-state index is 5.57. The summed E-state index contributed by atoms with van der Waals surface area (Å²) in [5, 5.41) is 3.89. The van der Waals surface area contributed by atoms with Crippen LogP contribution in [0.4, 0.5) is 0 Å². The third-order valence-corrected chi connectivity index (χ3v) is 2.45. The topological polar surface area (TPSA) is 64.9 Å². The third-order valence-electron chi connectivity index (χ3n) is 2.45. The zero-order valence-corrected chi connectivity index (χ0v) is 9.31. The van der Waals surface area contributed by atoms with Gasteiger partial charge in [-0.15, -0.1) is 0 Å². The van der Waals surface area contributed by atoms with Crippen LogP contribution in [-0.2, 0) is 12.8 Å². The monoisotopic (exact) mass is 217 g/mol. The second kappa shape index (κ2) is 4.90. The SMILES string of the molecule is CCc1noc(-c2ccccc2CCN)n1. The summed E-state index contributed by atoms with van der Waals surface area (Å²) in [5.74, 6) is 1.32. The summed E-state index contributed by atoms with van der Waals surface area (Å²) in [6.07, 6.45) is 1.60. The van der Waals surface area contributed by atoms with Gasteiger partial charge in [-0.3, -0.25) is 0 Å². The maximum atomic E-state index is 5.57. The van der Waals surface area contributed by atoms with Crippen molar-refractivity contribution < 1.29 is 4.52 Å². The number of hydrogen-bond acceptors (Lipinski definition) is 4. The van der Waals surface area contributed by atoms with Gasteiger partial charge in [0.1, 0.15) is 0 Å². The molecule has 0 fully saturated rings. The molecule has 0 aliphatic rings. The molecule has 2 N–H and O–H groups in total. The van der Waals surface area contributed by atoms with E-state index in [-0.39, 0.29) is 0 Å². The molecule has 84 valence electrons. The van der Waals surface area contributed by atoms with Crippen molar-refractivity contribution in [1.82, 2.24) is 10.1 Å². The first-order valence-electron chi connectivity index (χ1n) is 5.46. The second-order valence-electron chi connectivity index (χ2n) is 3.57. The molecule has 0 saturated carbocycles. The summed E-state index contributed by atoms with van der Waals surface area (Å²) in [6, 6.07) is 7.98. The van der Waals surface area contributed by atoms with Crippen molar-refractivity contribution >= 4 is 0 Å². The fourth-order valence-corrected chi connectivity index (χ4v) is 1.61. The van der Waals surface area contributed by atoms with Crippen molar-refractivity contribution in [2.24, 2.45) is 5.73 Å². The predicted octanol–water partition coefficient (Wildman–Crippen LogP) is 1.80. The van der Waals surface area contributed by atoms with Crippen molar-refractivity contribution in [2.75, 3.05) is 6.54 Å². The van der Waals surface area contributed by atoms with Crippen LogP contribution in [0.3, 0.4) is 0 Å². The first-order valence-corrected chi connectivity index (χ1v) is 5.46. The lowest BCUT2D eigenvalue weighted by Crippen LogP contribution is -2.03. The van der Waals surface area contributed by atoms with Gasteiger partial charge < -0.3 is 10.3 Å². The van der Waals surface area contributed by atoms with Crippen molar-refractivity contribution in [1.29, 1.82) is 0 Å². The number of aryl methyl sites for hydroxylation is 1. The summed E-state index contributed by atoms with van der Waals surface area (Å²) in [6.45, 7) is 2.62. The van der Waals surface area contributed by atoms with Crippen molar-refractivity contribution in [3.8, 4) is 11.5 Å². The molecule has 1 heterocycles. The molecular weight excluding hydrogens is 202 g/mol. The van der Waals surface area contributed by atoms with E-state index in [1.807, 2.05) is 31.2 Å². The van der Waals surface area contributed by atoms with Crippen LogP contribution >= 0.6 is 0 Å². The Hall–Kier alpha value is -1.68. The Bertz CT molecular complexity index is 465. The molecule has 0 unspecified atom stereocenters. The van der Waals surface area contributed by atoms with E-state index in [1.54, 1.807) is 0 Å². The van der Waals surface area contributed by atoms with Crippen molar-refractivity contribution in [3.05, 3.63) is 35.7 Å². The number of hydrogen-bond donors (Lipinski definition) is 1. The van der Waals surface area contributed by atoms with Crippen LogP contribution in [0.25, 0.3) is 11.5 Å². The number of aromatic nitrogens is 2. The van der Waals surface area contributed by atoms with Gasteiger partial charge >= 0.3 is 0 Å². The van der Waals surface area contributed by atoms with E-state index in [9.17, 15) is 0 Å². The van der Waals surface area contributed by atoms with Gasteiger partial charge in [-0.2, -0.15) is 4.98 Å². The normalized spacial score (nSPS) is 10.6. The van der Waals surface area contributed by atoms with Crippen molar-refractivity contribution in [2.45, 2.75) is 19.8 Å². The molecule has 1 aromatic carbocycles. The highest BCUT2D eigenvalue weighted by Gasteiger charge is 2.10. The molecule has 4 nitrogen and oxygen atoms in total. The van der Waals surface area contributed by atoms with Gasteiger partial charge in [0.25, 0.3) is 5.89 Å². The van der Waals surface area contributed by atoms with E-state index in [4.69, 9.17) is 10.3 Å². The van der Waals surface area contributed by atoms with Gasteiger partial charge in [0.15, 0.2) is 5.82 Å². The van der Waals surface area contributed by atoms with Gasteiger partial charge in [-0.05, 0) is 24.6 Å². The van der Waals surface area contributed by atoms with Crippen LogP contribution in [-0.4, -0.2) is 16.7 Å². The first kappa shape index (κ1) is 10.8. The zero-order valence-electron chi connectivity index (χ0n) is 9.31. The maximum Gasteiger partial charge on any atom is 0.258 e. The molecule has 0 aliphatic heterocycles. The van der Waals surface area contributed by atoms with Gasteiger partial charge in [-0.1, -0.05) is 30.3 Å². The molecule has 2 rings (SSSR count). The van der Waals surface area contributed by atoms with E-state index < -0.39 is 0 Å². The molecule has 1 aromatic heterocycles. The Balaban J connectivity index is 2.38. The van der Waals surface area contributed by atoms with E-state index in [1.165, 1.54) is 0 Å². The second-order valence-corrected chi connectivity index (χ2v) is 3.57. The largest absolute Gasteiger partial charge is 0.334 e. The minimum absolute atomic E-state index is 0.584. The minimum Gasteiger partial charge on any atom is -0.334 e. The molecule has 16 heavy (non-hydrogen) atoms. The number of rotatable bonds is 4. The van der Waals surface area contributed by atoms with Gasteiger partial charge in [0.2, 0.25) is 0 Å². The Morgan fingerprint density at radius 2 is 2.12 bits per heavy atom. The average molecular weight is 217 g/mol. The Kier molecular flexibility index (Phi) is 3.31. The summed E-state index contributed by atoms with van der Waals surface area (Å²) in [4.78, 5) is 4.32. The number of benzene rings is 1. The highest BCUT2D eigenvalue weighted by atomic mass is 16.5. The Morgan fingerprint density at radius 1 is 1.31 bits per heavy atom. The quantitative estimate of drug-likeness (QED) is 0.848. The number of nitrogens with two attached hydrogens (primary N) is 1. The molecule has 0 atom stereocenters.